The second-order valence-corrected chi connectivity index (χ2v) is 13.2. The van der Waals surface area contributed by atoms with Crippen molar-refractivity contribution >= 4 is 27.5 Å². The summed E-state index contributed by atoms with van der Waals surface area (Å²) in [4.78, 5) is 26.1. The maximum Gasteiger partial charge on any atom is 0.338 e. The molecule has 1 N–H and O–H groups in total. The molecule has 4 aliphatic carbocycles. The van der Waals surface area contributed by atoms with Gasteiger partial charge in [0.05, 0.1) is 10.5 Å². The predicted molar refractivity (Wildman–Crippen MR) is 143 cm³/mol. The summed E-state index contributed by atoms with van der Waals surface area (Å²) < 4.78 is 34.4. The van der Waals surface area contributed by atoms with Crippen molar-refractivity contribution in [1.29, 1.82) is 0 Å². The number of rotatable bonds is 10. The Morgan fingerprint density at radius 1 is 0.973 bits per heavy atom. The molecule has 2 aromatic carbocycles. The second kappa shape index (κ2) is 10.2. The lowest BCUT2D eigenvalue weighted by atomic mass is 9.48. The number of Topliss-reactive ketones (excluding diaryl/α,β-unsaturated/α-hetero) is 1. The number of esters is 1. The Morgan fingerprint density at radius 2 is 1.59 bits per heavy atom. The molecule has 0 radical (unpaired) electrons. The quantitative estimate of drug-likeness (QED) is 0.381. The van der Waals surface area contributed by atoms with E-state index in [-0.39, 0.29) is 28.3 Å². The molecule has 4 aliphatic rings. The van der Waals surface area contributed by atoms with Crippen molar-refractivity contribution < 1.29 is 22.7 Å². The zero-order valence-corrected chi connectivity index (χ0v) is 22.6. The standard InChI is InChI=1S/C30H37NO5S/c1-3-4-5-21-7-10-26(11-8-21)31-37(34,35)27-15-25(9-6-20(27)2)29(33)36-19-28(32)30-16-22-12-23(17-30)14-24(13-22)18-30/h6-11,15,22-24,31H,3-5,12-14,16-19H2,1-2H3. The van der Waals surface area contributed by atoms with Gasteiger partial charge in [0.2, 0.25) is 0 Å². The SMILES string of the molecule is CCCCc1ccc(NS(=O)(=O)c2cc(C(=O)OCC(=O)C34CC5CC(CC(C5)C3)C4)ccc2C)cc1. The van der Waals surface area contributed by atoms with Crippen molar-refractivity contribution in [2.24, 2.45) is 23.2 Å². The minimum atomic E-state index is -3.92. The summed E-state index contributed by atoms with van der Waals surface area (Å²) >= 11 is 0. The molecule has 0 heterocycles. The number of hydrogen-bond donors (Lipinski definition) is 1. The van der Waals surface area contributed by atoms with Gasteiger partial charge in [-0.2, -0.15) is 0 Å². The Labute approximate surface area is 220 Å². The Balaban J connectivity index is 1.24. The van der Waals surface area contributed by atoms with Gasteiger partial charge >= 0.3 is 5.97 Å². The smallest absolute Gasteiger partial charge is 0.338 e. The second-order valence-electron chi connectivity index (χ2n) is 11.6. The van der Waals surface area contributed by atoms with Gasteiger partial charge in [0.25, 0.3) is 10.0 Å². The van der Waals surface area contributed by atoms with E-state index in [2.05, 4.69) is 11.6 Å². The van der Waals surface area contributed by atoms with Crippen LogP contribution in [0.4, 0.5) is 5.69 Å². The van der Waals surface area contributed by atoms with Gasteiger partial charge in [0, 0.05) is 11.1 Å². The third-order valence-corrected chi connectivity index (χ3v) is 10.2. The van der Waals surface area contributed by atoms with Gasteiger partial charge in [-0.05, 0) is 111 Å². The lowest BCUT2D eigenvalue weighted by Crippen LogP contribution is -2.51. The highest BCUT2D eigenvalue weighted by molar-refractivity contribution is 7.92. The summed E-state index contributed by atoms with van der Waals surface area (Å²) in [6.45, 7) is 3.58. The van der Waals surface area contributed by atoms with E-state index in [9.17, 15) is 18.0 Å². The number of carbonyl (C=O) groups is 2. The first-order chi connectivity index (χ1) is 17.7. The Bertz CT molecular complexity index is 1250. The van der Waals surface area contributed by atoms with Gasteiger partial charge in [0.15, 0.2) is 12.4 Å². The van der Waals surface area contributed by atoms with E-state index in [1.54, 1.807) is 31.2 Å². The number of hydrogen-bond acceptors (Lipinski definition) is 5. The van der Waals surface area contributed by atoms with Gasteiger partial charge in [-0.1, -0.05) is 31.5 Å². The Morgan fingerprint density at radius 3 is 2.19 bits per heavy atom. The summed E-state index contributed by atoms with van der Waals surface area (Å²) in [6.07, 6.45) is 9.63. The fraction of sp³-hybridized carbons (Fsp3) is 0.533. The van der Waals surface area contributed by atoms with Crippen LogP contribution in [-0.2, 0) is 26.0 Å². The first-order valence-corrected chi connectivity index (χ1v) is 15.1. The molecule has 0 saturated heterocycles. The maximum absolute atomic E-state index is 13.2. The number of benzene rings is 2. The topological polar surface area (TPSA) is 89.5 Å². The molecule has 37 heavy (non-hydrogen) atoms. The van der Waals surface area contributed by atoms with Crippen molar-refractivity contribution in [2.75, 3.05) is 11.3 Å². The molecule has 0 aromatic heterocycles. The number of anilines is 1. The van der Waals surface area contributed by atoms with E-state index in [1.807, 2.05) is 12.1 Å². The summed E-state index contributed by atoms with van der Waals surface area (Å²) in [5.41, 5.74) is 1.95. The van der Waals surface area contributed by atoms with Crippen molar-refractivity contribution in [3.8, 4) is 0 Å². The summed E-state index contributed by atoms with van der Waals surface area (Å²) in [7, 11) is -3.92. The first kappa shape index (κ1) is 26.0. The monoisotopic (exact) mass is 523 g/mol. The fourth-order valence-corrected chi connectivity index (χ4v) is 8.50. The van der Waals surface area contributed by atoms with Gasteiger partial charge in [-0.15, -0.1) is 0 Å². The number of unbranched alkanes of at least 4 members (excludes halogenated alkanes) is 1. The molecule has 0 aliphatic heterocycles. The molecule has 0 spiro atoms. The molecule has 4 bridgehead atoms. The summed E-state index contributed by atoms with van der Waals surface area (Å²) in [6, 6.07) is 11.8. The lowest BCUT2D eigenvalue weighted by molar-refractivity contribution is -0.147. The number of sulfonamides is 1. The van der Waals surface area contributed by atoms with E-state index < -0.39 is 16.0 Å². The van der Waals surface area contributed by atoms with Gasteiger partial charge in [-0.3, -0.25) is 9.52 Å². The number of ketones is 1. The molecule has 7 heteroatoms. The zero-order valence-electron chi connectivity index (χ0n) is 21.8. The van der Waals surface area contributed by atoms with Crippen molar-refractivity contribution in [2.45, 2.75) is 76.5 Å². The summed E-state index contributed by atoms with van der Waals surface area (Å²) in [5, 5.41) is 0. The van der Waals surface area contributed by atoms with Crippen LogP contribution in [0, 0.1) is 30.1 Å². The van der Waals surface area contributed by atoms with Gasteiger partial charge in [-0.25, -0.2) is 13.2 Å². The molecule has 4 fully saturated rings. The average Bonchev–Trinajstić information content (AvgIpc) is 2.85. The molecule has 0 amide bonds. The number of nitrogens with one attached hydrogen (secondary N) is 1. The Kier molecular flexibility index (Phi) is 7.18. The van der Waals surface area contributed by atoms with E-state index in [0.29, 0.717) is 29.0 Å². The molecule has 6 rings (SSSR count). The highest BCUT2D eigenvalue weighted by Gasteiger charge is 2.54. The third kappa shape index (κ3) is 5.47. The molecule has 4 saturated carbocycles. The van der Waals surface area contributed by atoms with Crippen LogP contribution in [0.3, 0.4) is 0 Å². The minimum Gasteiger partial charge on any atom is -0.454 e. The van der Waals surface area contributed by atoms with E-state index in [0.717, 1.165) is 44.1 Å². The van der Waals surface area contributed by atoms with Crippen molar-refractivity contribution in [3.63, 3.8) is 0 Å². The van der Waals surface area contributed by atoms with Crippen LogP contribution in [0.2, 0.25) is 0 Å². The Hall–Kier alpha value is -2.67. The largest absolute Gasteiger partial charge is 0.454 e. The van der Waals surface area contributed by atoms with Crippen LogP contribution in [0.25, 0.3) is 0 Å². The molecule has 0 atom stereocenters. The maximum atomic E-state index is 13.2. The zero-order chi connectivity index (χ0) is 26.2. The molecular formula is C30H37NO5S. The van der Waals surface area contributed by atoms with Crippen LogP contribution in [0.1, 0.15) is 79.8 Å². The van der Waals surface area contributed by atoms with Gasteiger partial charge < -0.3 is 4.74 Å². The van der Waals surface area contributed by atoms with Crippen LogP contribution >= 0.6 is 0 Å². The van der Waals surface area contributed by atoms with Crippen LogP contribution in [0.5, 0.6) is 0 Å². The number of ether oxygens (including phenoxy) is 1. The average molecular weight is 524 g/mol. The van der Waals surface area contributed by atoms with Crippen LogP contribution in [0.15, 0.2) is 47.4 Å². The fourth-order valence-electron chi connectivity index (χ4n) is 7.17. The first-order valence-electron chi connectivity index (χ1n) is 13.6. The minimum absolute atomic E-state index is 0.0180. The molecule has 2 aromatic rings. The molecular weight excluding hydrogens is 486 g/mol. The molecule has 0 unspecified atom stereocenters. The van der Waals surface area contributed by atoms with Gasteiger partial charge in [0.1, 0.15) is 0 Å². The molecule has 6 nitrogen and oxygen atoms in total. The van der Waals surface area contributed by atoms with Crippen LogP contribution < -0.4 is 4.72 Å². The van der Waals surface area contributed by atoms with Crippen molar-refractivity contribution in [1.82, 2.24) is 0 Å². The predicted octanol–water partition coefficient (Wildman–Crippen LogP) is 6.08. The van der Waals surface area contributed by atoms with E-state index in [1.165, 1.54) is 25.3 Å². The van der Waals surface area contributed by atoms with E-state index in [4.69, 9.17) is 4.74 Å². The number of carbonyl (C=O) groups excluding carboxylic acids is 2. The summed E-state index contributed by atoms with van der Waals surface area (Å²) in [5.74, 6) is 1.26. The normalized spacial score (nSPS) is 26.2. The highest BCUT2D eigenvalue weighted by Crippen LogP contribution is 2.60. The number of aryl methyl sites for hydroxylation is 2. The van der Waals surface area contributed by atoms with Crippen LogP contribution in [-0.4, -0.2) is 26.8 Å². The van der Waals surface area contributed by atoms with Crippen molar-refractivity contribution in [3.05, 3.63) is 59.2 Å². The van der Waals surface area contributed by atoms with E-state index >= 15 is 0 Å². The lowest BCUT2D eigenvalue weighted by Gasteiger charge is -2.55. The highest BCUT2D eigenvalue weighted by atomic mass is 32.2. The molecule has 198 valence electrons. The third-order valence-electron chi connectivity index (χ3n) is 8.70.